The molecule has 0 spiro atoms. The number of halogens is 7. The smallest absolute Gasteiger partial charge is 1.00 e. The van der Waals surface area contributed by atoms with Crippen molar-refractivity contribution in [3.8, 4) is 0 Å². The van der Waals surface area contributed by atoms with E-state index in [1.54, 1.807) is 78.9 Å². The number of rotatable bonds is 24. The number of ketones is 1. The number of para-hydroxylation sites is 2. The molecule has 0 atom stereocenters. The Morgan fingerprint density at radius 3 is 1.48 bits per heavy atom. The van der Waals surface area contributed by atoms with Crippen LogP contribution in [-0.4, -0.2) is 116 Å². The van der Waals surface area contributed by atoms with Gasteiger partial charge in [-0.3, -0.25) is 47.7 Å². The van der Waals surface area contributed by atoms with Crippen molar-refractivity contribution in [2.24, 2.45) is 35.0 Å². The molecule has 0 unspecified atom stereocenters. The first-order valence-corrected chi connectivity index (χ1v) is 31.3. The molecular formula is C64H74Cl4F3K2N11O11. The topological polar surface area (TPSA) is 342 Å². The summed E-state index contributed by atoms with van der Waals surface area (Å²) in [6.07, 6.45) is 11.7. The number of carboxylic acid groups (broad SMARTS) is 1. The molecule has 0 radical (unpaired) electrons. The molecule has 3 fully saturated rings. The van der Waals surface area contributed by atoms with E-state index in [9.17, 15) is 46.7 Å². The maximum atomic E-state index is 14.1. The Balaban J connectivity index is 0.000000433. The fourth-order valence-corrected chi connectivity index (χ4v) is 10.1. The second kappa shape index (κ2) is 44.9. The molecule has 3 aliphatic carbocycles. The number of carboxylic acids is 1. The van der Waals surface area contributed by atoms with E-state index in [-0.39, 0.29) is 212 Å². The van der Waals surface area contributed by atoms with Crippen LogP contribution in [0.25, 0.3) is 21.8 Å². The maximum absolute atomic E-state index is 14.1. The molecule has 10 N–H and O–H groups in total. The standard InChI is InChI=1S/C24H25ClFN5O3.C14H18ClFN2O.C10H9Cl2FO.C10H9N3O3.C5H11N.CH2O3.2K.H/c25-18-9-4-7-16(22(18)26)11-28-20(32)13-30(12-15-5-3-6-15)21(33)14-31-19-10-2-1-8-17(19)23(29-31)24(27)34;15-12-6-2-5-11(14(12)16)8-18-13(19)9-17-7-10-3-1-4-10;11-6-8(14)5-4-7-2-1-3-9(12)10(7)13;11-10(16)9-6-3-1-2-4-7(6)13(12-9)5-8(14)15;6-4-5-2-1-3-5;2-1-4-3;;;/h1-2,4,7-10,15H,3,5-6,11-14H2,(H2,27,34)(H,28,32);2,5-6,10,17H,1,3-4,7-9H2,(H,18,19);1-3H,4-6H2;1-4H,5H2,(H2,11,16)(H,14,15);5H,1-4,6H2;1,3H;;;/q;;;;;;2*+1;-1/p-1. The monoisotopic (exact) mass is 1450 g/mol. The molecule has 2 aromatic heterocycles. The number of fused-ring (bicyclic) bond motifs is 2. The normalized spacial score (nSPS) is 12.8. The number of nitrogens with one attached hydrogen (secondary N) is 3. The number of Topliss-reactive ketones (excluding diaryl/α,β-unsaturated/α-hetero) is 1. The number of nitrogens with zero attached hydrogens (tertiary/aromatic N) is 5. The third-order valence-corrected chi connectivity index (χ3v) is 16.3. The number of amides is 5. The minimum atomic E-state index is -1.02. The number of hydrogen-bond acceptors (Lipinski definition) is 14. The second-order valence-corrected chi connectivity index (χ2v) is 23.2. The van der Waals surface area contributed by atoms with Gasteiger partial charge in [0.05, 0.1) is 45.1 Å². The zero-order valence-corrected chi connectivity index (χ0v) is 61.9. The van der Waals surface area contributed by atoms with Crippen molar-refractivity contribution in [1.82, 2.24) is 40.4 Å². The molecule has 3 saturated carbocycles. The van der Waals surface area contributed by atoms with Gasteiger partial charge >= 0.3 is 109 Å². The Labute approximate surface area is 653 Å². The van der Waals surface area contributed by atoms with Crippen molar-refractivity contribution in [1.29, 1.82) is 0 Å². The van der Waals surface area contributed by atoms with Crippen LogP contribution in [0.3, 0.4) is 0 Å². The Hall–Kier alpha value is -4.90. The van der Waals surface area contributed by atoms with Gasteiger partial charge < -0.3 is 54.7 Å². The third kappa shape index (κ3) is 28.1. The van der Waals surface area contributed by atoms with E-state index in [0.717, 1.165) is 44.2 Å². The number of carbonyl (C=O) groups is 8. The summed E-state index contributed by atoms with van der Waals surface area (Å²) in [6, 6.07) is 28.0. The molecule has 2 heterocycles. The summed E-state index contributed by atoms with van der Waals surface area (Å²) < 4.78 is 43.6. The van der Waals surface area contributed by atoms with Crippen molar-refractivity contribution in [2.75, 3.05) is 38.6 Å². The van der Waals surface area contributed by atoms with E-state index in [1.807, 2.05) is 0 Å². The number of hydrogen-bond donors (Lipinski definition) is 7. The largest absolute Gasteiger partial charge is 1.00 e. The molecule has 95 heavy (non-hydrogen) atoms. The van der Waals surface area contributed by atoms with E-state index in [0.29, 0.717) is 51.8 Å². The molecule has 5 aromatic carbocycles. The van der Waals surface area contributed by atoms with Gasteiger partial charge in [0.1, 0.15) is 36.3 Å². The Morgan fingerprint density at radius 1 is 0.653 bits per heavy atom. The molecule has 5 amide bonds. The molecule has 0 saturated heterocycles. The number of aliphatic carboxylic acids is 1. The number of carbonyl (C=O) groups excluding carboxylic acids is 7. The number of aryl methyl sites for hydroxylation is 1. The molecular weight excluding hydrogens is 1380 g/mol. The van der Waals surface area contributed by atoms with Gasteiger partial charge in [-0.1, -0.05) is 127 Å². The van der Waals surface area contributed by atoms with Gasteiger partial charge in [0.15, 0.2) is 11.4 Å². The van der Waals surface area contributed by atoms with Crippen molar-refractivity contribution in [2.45, 2.75) is 96.8 Å². The van der Waals surface area contributed by atoms with Gasteiger partial charge in [-0.05, 0) is 112 Å². The van der Waals surface area contributed by atoms with Crippen LogP contribution < -0.4 is 141 Å². The number of primary amides is 2. The Kier molecular flexibility index (Phi) is 39.9. The van der Waals surface area contributed by atoms with Crippen LogP contribution in [0.2, 0.25) is 15.1 Å². The number of aromatic nitrogens is 4. The predicted octanol–water partition coefficient (Wildman–Crippen LogP) is 2.10. The summed E-state index contributed by atoms with van der Waals surface area (Å²) in [5, 5.41) is 35.0. The number of alkyl halides is 1. The van der Waals surface area contributed by atoms with Crippen LogP contribution >= 0.6 is 46.4 Å². The molecule has 0 aliphatic heterocycles. The maximum Gasteiger partial charge on any atom is 1.00 e. The summed E-state index contributed by atoms with van der Waals surface area (Å²) in [6.45, 7) is 1.86. The SMILES string of the molecule is NC(=O)c1nn(CC(=O)N(CC(=O)NCc2cccc(Cl)c2F)CC2CCC2)c2ccccc12.NC(=O)c1nn(CC(=O)O)c2ccccc12.NCC1CCC1.O=C(CCl)CCc1cccc(Cl)c1F.O=C(CNCC1CCC1)NCc1cccc(Cl)c1F.O=CO[O-].[H-].[K+].[K+]. The molecule has 0 bridgehead atoms. The third-order valence-electron chi connectivity index (χ3n) is 15.2. The van der Waals surface area contributed by atoms with Crippen LogP contribution in [0, 0.1) is 35.2 Å². The molecule has 3 aliphatic rings. The van der Waals surface area contributed by atoms with Crippen LogP contribution in [0.5, 0.6) is 0 Å². The van der Waals surface area contributed by atoms with Crippen molar-refractivity contribution in [3.05, 3.63) is 164 Å². The summed E-state index contributed by atoms with van der Waals surface area (Å²) >= 11 is 22.4. The Bertz CT molecular complexity index is 3680. The molecule has 10 rings (SSSR count). The quantitative estimate of drug-likeness (QED) is 0.0150. The van der Waals surface area contributed by atoms with E-state index in [2.05, 4.69) is 31.0 Å². The fourth-order valence-electron chi connectivity index (χ4n) is 9.40. The van der Waals surface area contributed by atoms with E-state index in [4.69, 9.17) is 78.8 Å². The minimum Gasteiger partial charge on any atom is -1.00 e. The summed E-state index contributed by atoms with van der Waals surface area (Å²) in [5.74, 6) is -2.87. The van der Waals surface area contributed by atoms with E-state index >= 15 is 0 Å². The van der Waals surface area contributed by atoms with Gasteiger partial charge in [0.2, 0.25) is 17.7 Å². The second-order valence-electron chi connectivity index (χ2n) is 21.8. The number of benzene rings is 5. The summed E-state index contributed by atoms with van der Waals surface area (Å²) in [7, 11) is 0. The van der Waals surface area contributed by atoms with Crippen LogP contribution in [0.1, 0.15) is 103 Å². The van der Waals surface area contributed by atoms with Crippen molar-refractivity contribution in [3.63, 3.8) is 0 Å². The molecule has 22 nitrogen and oxygen atoms in total. The van der Waals surface area contributed by atoms with E-state index in [1.165, 1.54) is 77.1 Å². The predicted molar refractivity (Wildman–Crippen MR) is 345 cm³/mol. The van der Waals surface area contributed by atoms with Crippen LogP contribution in [-0.2, 0) is 66.3 Å². The zero-order chi connectivity index (χ0) is 68.0. The van der Waals surface area contributed by atoms with Gasteiger partial charge in [-0.2, -0.15) is 10.2 Å². The van der Waals surface area contributed by atoms with Crippen LogP contribution in [0.15, 0.2) is 103 Å². The molecule has 502 valence electrons. The number of nitrogens with two attached hydrogens (primary N) is 3. The van der Waals surface area contributed by atoms with Gasteiger partial charge in [0, 0.05) is 48.0 Å². The first-order valence-electron chi connectivity index (χ1n) is 29.6. The molecule has 7 aromatic rings. The summed E-state index contributed by atoms with van der Waals surface area (Å²) in [5.41, 5.74) is 18.4. The molecule has 31 heteroatoms. The van der Waals surface area contributed by atoms with Crippen LogP contribution in [0.4, 0.5) is 13.2 Å². The van der Waals surface area contributed by atoms with Crippen molar-refractivity contribution < 1.29 is 171 Å². The fraction of sp³-hybridized carbons (Fsp3) is 0.375. The van der Waals surface area contributed by atoms with E-state index < -0.39 is 41.1 Å². The van der Waals surface area contributed by atoms with Gasteiger partial charge in [-0.15, -0.1) is 11.6 Å². The van der Waals surface area contributed by atoms with Gasteiger partial charge in [0.25, 0.3) is 18.3 Å². The minimum absolute atomic E-state index is 0. The summed E-state index contributed by atoms with van der Waals surface area (Å²) in [4.78, 5) is 94.6. The first kappa shape index (κ1) is 84.3. The van der Waals surface area contributed by atoms with Crippen molar-refractivity contribution >= 4 is 116 Å². The first-order chi connectivity index (χ1) is 44.6. The van der Waals surface area contributed by atoms with Gasteiger partial charge in [-0.25, -0.2) is 13.2 Å². The average molecular weight is 1450 g/mol. The Morgan fingerprint density at radius 2 is 1.08 bits per heavy atom. The zero-order valence-electron chi connectivity index (χ0n) is 53.6. The average Bonchev–Trinajstić information content (AvgIpc) is 1.65.